The van der Waals surface area contributed by atoms with Crippen LogP contribution in [0.25, 0.3) is 0 Å². The lowest BCUT2D eigenvalue weighted by Crippen LogP contribution is -2.05. The van der Waals surface area contributed by atoms with Gasteiger partial charge in [-0.25, -0.2) is 0 Å². The van der Waals surface area contributed by atoms with Gasteiger partial charge in [0.05, 0.1) is 0 Å². The largest absolute Gasteiger partial charge is 0.384 e. The first-order chi connectivity index (χ1) is 8.77. The van der Waals surface area contributed by atoms with Gasteiger partial charge in [0, 0.05) is 22.9 Å². The molecule has 94 valence electrons. The number of hydrogen-bond donors (Lipinski definition) is 1. The molecule has 1 nitrogen and oxygen atoms in total. The van der Waals surface area contributed by atoms with E-state index in [1.807, 2.05) is 11.8 Å². The monoisotopic (exact) mass is 257 g/mol. The van der Waals surface area contributed by atoms with E-state index < -0.39 is 0 Å². The summed E-state index contributed by atoms with van der Waals surface area (Å²) < 4.78 is 0. The lowest BCUT2D eigenvalue weighted by Gasteiger charge is -2.09. The highest BCUT2D eigenvalue weighted by molar-refractivity contribution is 7.99. The zero-order chi connectivity index (χ0) is 12.8. The first-order valence-electron chi connectivity index (χ1n) is 6.25. The third-order valence-corrected chi connectivity index (χ3v) is 4.09. The lowest BCUT2D eigenvalue weighted by molar-refractivity contribution is 1.20. The van der Waals surface area contributed by atoms with Gasteiger partial charge in [-0.15, -0.1) is 11.8 Å². The number of anilines is 1. The molecular weight excluding hydrogens is 238 g/mol. The molecule has 0 saturated heterocycles. The molecular formula is C16H19NS. The maximum Gasteiger partial charge on any atom is 0.0370 e. The maximum absolute atomic E-state index is 3.48. The van der Waals surface area contributed by atoms with Gasteiger partial charge in [-0.05, 0) is 37.1 Å². The van der Waals surface area contributed by atoms with Crippen LogP contribution in [0.15, 0.2) is 53.4 Å². The molecule has 0 heterocycles. The Morgan fingerprint density at radius 3 is 2.28 bits per heavy atom. The summed E-state index contributed by atoms with van der Waals surface area (Å²) in [6.45, 7) is 5.29. The molecule has 0 atom stereocenters. The van der Waals surface area contributed by atoms with Crippen LogP contribution in [0, 0.1) is 13.8 Å². The molecule has 2 rings (SSSR count). The van der Waals surface area contributed by atoms with Crippen molar-refractivity contribution in [3.63, 3.8) is 0 Å². The maximum atomic E-state index is 3.48. The van der Waals surface area contributed by atoms with Gasteiger partial charge in [-0.1, -0.05) is 36.4 Å². The number of nitrogens with one attached hydrogen (secondary N) is 1. The number of hydrogen-bond acceptors (Lipinski definition) is 2. The van der Waals surface area contributed by atoms with Crippen LogP contribution in [-0.2, 0) is 0 Å². The Bertz CT molecular complexity index is 460. The highest BCUT2D eigenvalue weighted by atomic mass is 32.2. The summed E-state index contributed by atoms with van der Waals surface area (Å²) in [5, 5.41) is 3.48. The van der Waals surface area contributed by atoms with E-state index in [-0.39, 0.29) is 0 Å². The second kappa shape index (κ2) is 6.50. The fourth-order valence-electron chi connectivity index (χ4n) is 1.84. The van der Waals surface area contributed by atoms with E-state index in [1.165, 1.54) is 21.7 Å². The Morgan fingerprint density at radius 1 is 0.889 bits per heavy atom. The lowest BCUT2D eigenvalue weighted by atomic mass is 10.2. The van der Waals surface area contributed by atoms with Gasteiger partial charge in [0.2, 0.25) is 0 Å². The van der Waals surface area contributed by atoms with Gasteiger partial charge in [-0.2, -0.15) is 0 Å². The first-order valence-corrected chi connectivity index (χ1v) is 7.24. The Hall–Kier alpha value is -1.41. The Labute approximate surface area is 114 Å². The topological polar surface area (TPSA) is 12.0 Å². The molecule has 2 heteroatoms. The normalized spacial score (nSPS) is 10.3. The second-order valence-electron chi connectivity index (χ2n) is 4.36. The number of para-hydroxylation sites is 1. The van der Waals surface area contributed by atoms with Gasteiger partial charge in [0.25, 0.3) is 0 Å². The van der Waals surface area contributed by atoms with Gasteiger partial charge >= 0.3 is 0 Å². The predicted octanol–water partition coefficient (Wildman–Crippen LogP) is 4.51. The molecule has 0 bridgehead atoms. The van der Waals surface area contributed by atoms with E-state index in [1.54, 1.807) is 0 Å². The number of benzene rings is 2. The van der Waals surface area contributed by atoms with Crippen LogP contribution in [0.2, 0.25) is 0 Å². The minimum atomic E-state index is 0.990. The van der Waals surface area contributed by atoms with Crippen LogP contribution in [0.3, 0.4) is 0 Å². The molecule has 0 aliphatic rings. The van der Waals surface area contributed by atoms with Crippen molar-refractivity contribution in [2.75, 3.05) is 17.6 Å². The molecule has 0 spiro atoms. The Kier molecular flexibility index (Phi) is 4.71. The van der Waals surface area contributed by atoms with Gasteiger partial charge in [0.1, 0.15) is 0 Å². The number of rotatable bonds is 5. The molecule has 0 fully saturated rings. The van der Waals surface area contributed by atoms with Crippen molar-refractivity contribution in [2.24, 2.45) is 0 Å². The highest BCUT2D eigenvalue weighted by Gasteiger charge is 1.98. The molecule has 0 radical (unpaired) electrons. The molecule has 0 unspecified atom stereocenters. The summed E-state index contributed by atoms with van der Waals surface area (Å²) in [5.74, 6) is 1.08. The van der Waals surface area contributed by atoms with Crippen molar-refractivity contribution in [3.05, 3.63) is 59.7 Å². The van der Waals surface area contributed by atoms with E-state index in [4.69, 9.17) is 0 Å². The standard InChI is InChI=1S/C16H19NS/c1-13-7-3-5-9-15(13)17-11-12-18-16-10-6-4-8-14(16)2/h3-10,17H,11-12H2,1-2H3. The number of aryl methyl sites for hydroxylation is 2. The second-order valence-corrected chi connectivity index (χ2v) is 5.49. The molecule has 0 aromatic heterocycles. The SMILES string of the molecule is Cc1ccccc1NCCSc1ccccc1C. The van der Waals surface area contributed by atoms with Crippen LogP contribution in [0.5, 0.6) is 0 Å². The van der Waals surface area contributed by atoms with Gasteiger partial charge < -0.3 is 5.32 Å². The fourth-order valence-corrected chi connectivity index (χ4v) is 2.73. The molecule has 2 aromatic carbocycles. The molecule has 18 heavy (non-hydrogen) atoms. The third kappa shape index (κ3) is 3.54. The van der Waals surface area contributed by atoms with Crippen molar-refractivity contribution in [3.8, 4) is 0 Å². The highest BCUT2D eigenvalue weighted by Crippen LogP contribution is 2.21. The van der Waals surface area contributed by atoms with Crippen LogP contribution in [-0.4, -0.2) is 12.3 Å². The first kappa shape index (κ1) is 13.0. The molecule has 0 aliphatic heterocycles. The van der Waals surface area contributed by atoms with E-state index in [9.17, 15) is 0 Å². The minimum Gasteiger partial charge on any atom is -0.384 e. The average Bonchev–Trinajstić information content (AvgIpc) is 2.38. The van der Waals surface area contributed by atoms with Crippen LogP contribution in [0.1, 0.15) is 11.1 Å². The van der Waals surface area contributed by atoms with E-state index >= 15 is 0 Å². The number of thioether (sulfide) groups is 1. The molecule has 0 saturated carbocycles. The quantitative estimate of drug-likeness (QED) is 0.625. The van der Waals surface area contributed by atoms with Crippen molar-refractivity contribution < 1.29 is 0 Å². The van der Waals surface area contributed by atoms with E-state index in [0.717, 1.165) is 12.3 Å². The van der Waals surface area contributed by atoms with Crippen molar-refractivity contribution in [1.82, 2.24) is 0 Å². The fraction of sp³-hybridized carbons (Fsp3) is 0.250. The van der Waals surface area contributed by atoms with Crippen LogP contribution >= 0.6 is 11.8 Å². The average molecular weight is 257 g/mol. The Morgan fingerprint density at radius 2 is 1.56 bits per heavy atom. The zero-order valence-corrected chi connectivity index (χ0v) is 11.8. The third-order valence-electron chi connectivity index (χ3n) is 2.91. The van der Waals surface area contributed by atoms with Crippen LogP contribution < -0.4 is 5.32 Å². The van der Waals surface area contributed by atoms with E-state index in [2.05, 4.69) is 67.7 Å². The smallest absolute Gasteiger partial charge is 0.0370 e. The summed E-state index contributed by atoms with van der Waals surface area (Å²) in [6, 6.07) is 17.0. The van der Waals surface area contributed by atoms with Crippen molar-refractivity contribution >= 4 is 17.4 Å². The zero-order valence-electron chi connectivity index (χ0n) is 10.9. The van der Waals surface area contributed by atoms with Gasteiger partial charge in [0.15, 0.2) is 0 Å². The summed E-state index contributed by atoms with van der Waals surface area (Å²) in [6.07, 6.45) is 0. The summed E-state index contributed by atoms with van der Waals surface area (Å²) >= 11 is 1.91. The molecule has 2 aromatic rings. The Balaban J connectivity index is 1.80. The minimum absolute atomic E-state index is 0.990. The van der Waals surface area contributed by atoms with Crippen LogP contribution in [0.4, 0.5) is 5.69 Å². The van der Waals surface area contributed by atoms with Crippen molar-refractivity contribution in [1.29, 1.82) is 0 Å². The van der Waals surface area contributed by atoms with E-state index in [0.29, 0.717) is 0 Å². The molecule has 0 amide bonds. The van der Waals surface area contributed by atoms with Gasteiger partial charge in [-0.3, -0.25) is 0 Å². The van der Waals surface area contributed by atoms with Crippen molar-refractivity contribution in [2.45, 2.75) is 18.7 Å². The summed E-state index contributed by atoms with van der Waals surface area (Å²) in [5.41, 5.74) is 3.90. The molecule has 0 aliphatic carbocycles. The molecule has 1 N–H and O–H groups in total. The predicted molar refractivity (Wildman–Crippen MR) is 81.6 cm³/mol. The summed E-state index contributed by atoms with van der Waals surface area (Å²) in [4.78, 5) is 1.38. The summed E-state index contributed by atoms with van der Waals surface area (Å²) in [7, 11) is 0.